The second-order valence-corrected chi connectivity index (χ2v) is 4.14. The number of benzene rings is 1. The molecule has 0 fully saturated rings. The minimum Gasteiger partial charge on any atom is -0.481 e. The van der Waals surface area contributed by atoms with E-state index in [-0.39, 0.29) is 0 Å². The SMILES string of the molecule is COc1ccc(CNc2ccc(N)cc2C)cn1. The van der Waals surface area contributed by atoms with E-state index in [4.69, 9.17) is 10.5 Å². The Bertz CT molecular complexity index is 523. The average molecular weight is 243 g/mol. The normalized spacial score (nSPS) is 10.1. The number of nitrogens with zero attached hydrogens (tertiary/aromatic N) is 1. The molecule has 4 heteroatoms. The van der Waals surface area contributed by atoms with Gasteiger partial charge in [0.25, 0.3) is 0 Å². The van der Waals surface area contributed by atoms with E-state index in [1.165, 1.54) is 0 Å². The third-order valence-corrected chi connectivity index (χ3v) is 2.74. The zero-order valence-corrected chi connectivity index (χ0v) is 10.6. The Balaban J connectivity index is 2.02. The minimum absolute atomic E-state index is 0.627. The maximum absolute atomic E-state index is 5.72. The first kappa shape index (κ1) is 12.2. The molecule has 2 rings (SSSR count). The molecule has 94 valence electrons. The fraction of sp³-hybridized carbons (Fsp3) is 0.214. The fourth-order valence-electron chi connectivity index (χ4n) is 1.72. The van der Waals surface area contributed by atoms with Crippen molar-refractivity contribution in [2.45, 2.75) is 13.5 Å². The number of nitrogens with two attached hydrogens (primary N) is 1. The standard InChI is InChI=1S/C14H17N3O/c1-10-7-12(15)4-5-13(10)16-8-11-3-6-14(18-2)17-9-11/h3-7,9,16H,8,15H2,1-2H3. The minimum atomic E-state index is 0.627. The van der Waals surface area contributed by atoms with Gasteiger partial charge in [-0.25, -0.2) is 4.98 Å². The summed E-state index contributed by atoms with van der Waals surface area (Å²) in [5.74, 6) is 0.627. The molecule has 3 N–H and O–H groups in total. The van der Waals surface area contributed by atoms with E-state index in [1.54, 1.807) is 13.3 Å². The molecular weight excluding hydrogens is 226 g/mol. The van der Waals surface area contributed by atoms with Gasteiger partial charge in [-0.15, -0.1) is 0 Å². The van der Waals surface area contributed by atoms with Crippen molar-refractivity contribution in [2.24, 2.45) is 0 Å². The highest BCUT2D eigenvalue weighted by molar-refractivity contribution is 5.57. The molecule has 0 atom stereocenters. The molecule has 4 nitrogen and oxygen atoms in total. The molecule has 2 aromatic rings. The molecule has 0 saturated heterocycles. The summed E-state index contributed by atoms with van der Waals surface area (Å²) in [6.45, 7) is 2.76. The van der Waals surface area contributed by atoms with Gasteiger partial charge in [0.05, 0.1) is 7.11 Å². The van der Waals surface area contributed by atoms with E-state index in [1.807, 2.05) is 37.3 Å². The summed E-state index contributed by atoms with van der Waals surface area (Å²) in [4.78, 5) is 4.16. The molecular formula is C14H17N3O. The molecule has 0 aliphatic rings. The molecule has 0 unspecified atom stereocenters. The number of aryl methyl sites for hydroxylation is 1. The predicted molar refractivity (Wildman–Crippen MR) is 73.7 cm³/mol. The van der Waals surface area contributed by atoms with Crippen LogP contribution in [0.1, 0.15) is 11.1 Å². The zero-order chi connectivity index (χ0) is 13.0. The van der Waals surface area contributed by atoms with E-state index in [2.05, 4.69) is 10.3 Å². The predicted octanol–water partition coefficient (Wildman–Crippen LogP) is 2.59. The Hall–Kier alpha value is -2.23. The Morgan fingerprint density at radius 1 is 1.28 bits per heavy atom. The smallest absolute Gasteiger partial charge is 0.212 e. The number of nitrogens with one attached hydrogen (secondary N) is 1. The van der Waals surface area contributed by atoms with E-state index in [9.17, 15) is 0 Å². The lowest BCUT2D eigenvalue weighted by Crippen LogP contribution is -2.02. The Kier molecular flexibility index (Phi) is 3.67. The van der Waals surface area contributed by atoms with Crippen molar-refractivity contribution in [3.63, 3.8) is 0 Å². The van der Waals surface area contributed by atoms with Crippen LogP contribution in [0, 0.1) is 6.92 Å². The summed E-state index contributed by atoms with van der Waals surface area (Å²) in [6.07, 6.45) is 1.80. The summed E-state index contributed by atoms with van der Waals surface area (Å²) < 4.78 is 5.02. The van der Waals surface area contributed by atoms with E-state index < -0.39 is 0 Å². The summed E-state index contributed by atoms with van der Waals surface area (Å²) in [7, 11) is 1.61. The van der Waals surface area contributed by atoms with E-state index in [0.717, 1.165) is 29.0 Å². The van der Waals surface area contributed by atoms with Crippen LogP contribution in [0.4, 0.5) is 11.4 Å². The molecule has 0 saturated carbocycles. The van der Waals surface area contributed by atoms with Crippen LogP contribution in [-0.2, 0) is 6.54 Å². The zero-order valence-electron chi connectivity index (χ0n) is 10.6. The molecule has 0 spiro atoms. The highest BCUT2D eigenvalue weighted by Crippen LogP contribution is 2.18. The lowest BCUT2D eigenvalue weighted by Gasteiger charge is -2.10. The summed E-state index contributed by atoms with van der Waals surface area (Å²) in [5.41, 5.74) is 9.82. The van der Waals surface area contributed by atoms with Crippen molar-refractivity contribution >= 4 is 11.4 Å². The van der Waals surface area contributed by atoms with Gasteiger partial charge in [0.15, 0.2) is 0 Å². The fourth-order valence-corrected chi connectivity index (χ4v) is 1.72. The molecule has 0 aliphatic carbocycles. The topological polar surface area (TPSA) is 60.2 Å². The number of aromatic nitrogens is 1. The van der Waals surface area contributed by atoms with Gasteiger partial charge in [-0.3, -0.25) is 0 Å². The van der Waals surface area contributed by atoms with Crippen molar-refractivity contribution in [3.8, 4) is 5.88 Å². The molecule has 18 heavy (non-hydrogen) atoms. The number of anilines is 2. The van der Waals surface area contributed by atoms with Gasteiger partial charge in [-0.1, -0.05) is 6.07 Å². The van der Waals surface area contributed by atoms with Crippen LogP contribution in [0.3, 0.4) is 0 Å². The number of hydrogen-bond donors (Lipinski definition) is 2. The van der Waals surface area contributed by atoms with E-state index in [0.29, 0.717) is 5.88 Å². The van der Waals surface area contributed by atoms with Crippen molar-refractivity contribution in [3.05, 3.63) is 47.7 Å². The van der Waals surface area contributed by atoms with Gasteiger partial charge in [0.2, 0.25) is 5.88 Å². The quantitative estimate of drug-likeness (QED) is 0.810. The van der Waals surface area contributed by atoms with Crippen LogP contribution in [0.15, 0.2) is 36.5 Å². The van der Waals surface area contributed by atoms with Gasteiger partial charge in [-0.05, 0) is 36.2 Å². The third-order valence-electron chi connectivity index (χ3n) is 2.74. The van der Waals surface area contributed by atoms with Crippen molar-refractivity contribution in [2.75, 3.05) is 18.2 Å². The number of ether oxygens (including phenoxy) is 1. The van der Waals surface area contributed by atoms with Gasteiger partial charge in [0, 0.05) is 30.2 Å². The molecule has 1 heterocycles. The highest BCUT2D eigenvalue weighted by atomic mass is 16.5. The van der Waals surface area contributed by atoms with Crippen molar-refractivity contribution < 1.29 is 4.74 Å². The third kappa shape index (κ3) is 2.91. The van der Waals surface area contributed by atoms with Crippen LogP contribution in [-0.4, -0.2) is 12.1 Å². The van der Waals surface area contributed by atoms with Crippen molar-refractivity contribution in [1.29, 1.82) is 0 Å². The largest absolute Gasteiger partial charge is 0.481 e. The number of hydrogen-bond acceptors (Lipinski definition) is 4. The summed E-state index contributed by atoms with van der Waals surface area (Å²) in [6, 6.07) is 9.68. The van der Waals surface area contributed by atoms with Crippen LogP contribution in [0.2, 0.25) is 0 Å². The lowest BCUT2D eigenvalue weighted by atomic mass is 10.1. The number of rotatable bonds is 4. The first-order chi connectivity index (χ1) is 8.69. The van der Waals surface area contributed by atoms with Gasteiger partial charge in [0.1, 0.15) is 0 Å². The molecule has 0 amide bonds. The number of methoxy groups -OCH3 is 1. The lowest BCUT2D eigenvalue weighted by molar-refractivity contribution is 0.397. The Morgan fingerprint density at radius 2 is 2.11 bits per heavy atom. The highest BCUT2D eigenvalue weighted by Gasteiger charge is 1.99. The van der Waals surface area contributed by atoms with E-state index >= 15 is 0 Å². The van der Waals surface area contributed by atoms with Gasteiger partial charge in [-0.2, -0.15) is 0 Å². The molecule has 0 aliphatic heterocycles. The Labute approximate surface area is 107 Å². The van der Waals surface area contributed by atoms with Crippen LogP contribution in [0.5, 0.6) is 5.88 Å². The number of pyridine rings is 1. The first-order valence-electron chi connectivity index (χ1n) is 5.78. The summed E-state index contributed by atoms with van der Waals surface area (Å²) >= 11 is 0. The van der Waals surface area contributed by atoms with Crippen LogP contribution >= 0.6 is 0 Å². The molecule has 1 aromatic heterocycles. The average Bonchev–Trinajstić information content (AvgIpc) is 2.38. The van der Waals surface area contributed by atoms with Crippen LogP contribution < -0.4 is 15.8 Å². The second kappa shape index (κ2) is 5.40. The van der Waals surface area contributed by atoms with Gasteiger partial charge < -0.3 is 15.8 Å². The molecule has 0 bridgehead atoms. The first-order valence-corrected chi connectivity index (χ1v) is 5.78. The molecule has 0 radical (unpaired) electrons. The Morgan fingerprint density at radius 3 is 2.72 bits per heavy atom. The second-order valence-electron chi connectivity index (χ2n) is 4.14. The maximum Gasteiger partial charge on any atom is 0.212 e. The van der Waals surface area contributed by atoms with Crippen LogP contribution in [0.25, 0.3) is 0 Å². The number of nitrogen functional groups attached to an aromatic ring is 1. The summed E-state index contributed by atoms with van der Waals surface area (Å²) in [5, 5.41) is 3.36. The molecule has 1 aromatic carbocycles. The maximum atomic E-state index is 5.72. The van der Waals surface area contributed by atoms with Gasteiger partial charge >= 0.3 is 0 Å². The monoisotopic (exact) mass is 243 g/mol. The van der Waals surface area contributed by atoms with Crippen molar-refractivity contribution in [1.82, 2.24) is 4.98 Å².